The van der Waals surface area contributed by atoms with Gasteiger partial charge in [0.25, 0.3) is 0 Å². The van der Waals surface area contributed by atoms with Gasteiger partial charge in [-0.1, -0.05) is 263 Å². The van der Waals surface area contributed by atoms with Crippen LogP contribution in [0.2, 0.25) is 0 Å². The van der Waals surface area contributed by atoms with Crippen LogP contribution in [0.4, 0.5) is 0 Å². The highest BCUT2D eigenvalue weighted by atomic mass is 16.6. The lowest BCUT2D eigenvalue weighted by atomic mass is 10.1. The molecule has 0 heterocycles. The maximum atomic E-state index is 12.9. The molecule has 0 saturated carbocycles. The molecule has 6 nitrogen and oxygen atoms in total. The predicted octanol–water partition coefficient (Wildman–Crippen LogP) is 22.7. The summed E-state index contributed by atoms with van der Waals surface area (Å²) in [7, 11) is 0. The van der Waals surface area contributed by atoms with Crippen LogP contribution >= 0.6 is 0 Å². The van der Waals surface area contributed by atoms with Gasteiger partial charge in [0.1, 0.15) is 13.2 Å². The third kappa shape index (κ3) is 64.1. The van der Waals surface area contributed by atoms with Gasteiger partial charge in [-0.25, -0.2) is 0 Å². The smallest absolute Gasteiger partial charge is 0.306 e. The summed E-state index contributed by atoms with van der Waals surface area (Å²) in [6, 6.07) is 0. The zero-order valence-corrected chi connectivity index (χ0v) is 51.8. The minimum absolute atomic E-state index is 0.100. The second-order valence-electron chi connectivity index (χ2n) is 21.3. The SMILES string of the molecule is CC/C=C\C/C=C\C/C=C\C/C=C\C/C=C\C/C=C\C/C=C\C/C=C\CCCCCCC(=O)OCC(COC(=O)CCCCCCC/C=C\CCCCCCC)OC(=O)CCCCCCCC/C=C\C/C=C\C/C=C\CCCCC. The fraction of sp³-hybridized carbons (Fsp3) is 0.635. The van der Waals surface area contributed by atoms with E-state index in [-0.39, 0.29) is 31.1 Å². The zero-order valence-electron chi connectivity index (χ0n) is 51.8. The molecule has 0 spiro atoms. The zero-order chi connectivity index (χ0) is 57.8. The Morgan fingerprint density at radius 1 is 0.263 bits per heavy atom. The van der Waals surface area contributed by atoms with Crippen LogP contribution in [0, 0.1) is 0 Å². The Labute approximate surface area is 493 Å². The molecule has 0 aromatic heterocycles. The minimum atomic E-state index is -0.807. The summed E-state index contributed by atoms with van der Waals surface area (Å²) < 4.78 is 16.9. The van der Waals surface area contributed by atoms with Gasteiger partial charge in [0.15, 0.2) is 6.10 Å². The van der Waals surface area contributed by atoms with E-state index in [1.807, 2.05) is 0 Å². The topological polar surface area (TPSA) is 78.9 Å². The van der Waals surface area contributed by atoms with Gasteiger partial charge in [-0.2, -0.15) is 0 Å². The first-order valence-electron chi connectivity index (χ1n) is 32.8. The molecule has 0 bridgehead atoms. The van der Waals surface area contributed by atoms with E-state index in [4.69, 9.17) is 14.2 Å². The highest BCUT2D eigenvalue weighted by Crippen LogP contribution is 2.14. The van der Waals surface area contributed by atoms with E-state index in [9.17, 15) is 14.4 Å². The molecule has 80 heavy (non-hydrogen) atoms. The summed E-state index contributed by atoms with van der Waals surface area (Å²) in [6.07, 6.45) is 95.6. The Kier molecular flexibility index (Phi) is 62.9. The van der Waals surface area contributed by atoms with Crippen molar-refractivity contribution in [2.45, 2.75) is 290 Å². The van der Waals surface area contributed by atoms with E-state index in [2.05, 4.69) is 167 Å². The molecule has 0 fully saturated rings. The van der Waals surface area contributed by atoms with Crippen LogP contribution in [-0.4, -0.2) is 37.2 Å². The second kappa shape index (κ2) is 66.8. The number of esters is 3. The molecule has 0 saturated heterocycles. The second-order valence-corrected chi connectivity index (χ2v) is 21.3. The molecule has 0 aromatic carbocycles. The fourth-order valence-corrected chi connectivity index (χ4v) is 8.64. The quantitative estimate of drug-likeness (QED) is 0.0261. The van der Waals surface area contributed by atoms with Crippen LogP contribution in [0.25, 0.3) is 0 Å². The largest absolute Gasteiger partial charge is 0.462 e. The van der Waals surface area contributed by atoms with Crippen molar-refractivity contribution >= 4 is 17.9 Å². The number of unbranched alkanes of at least 4 members (excludes halogenated alkanes) is 23. The molecule has 452 valence electrons. The van der Waals surface area contributed by atoms with E-state index in [0.29, 0.717) is 19.3 Å². The normalized spacial score (nSPS) is 13.1. The van der Waals surface area contributed by atoms with Crippen molar-refractivity contribution in [1.29, 1.82) is 0 Å². The monoisotopic (exact) mass is 1100 g/mol. The molecule has 0 radical (unpaired) electrons. The first-order valence-corrected chi connectivity index (χ1v) is 32.8. The Morgan fingerprint density at radius 3 is 0.800 bits per heavy atom. The number of ether oxygens (including phenoxy) is 3. The lowest BCUT2D eigenvalue weighted by Crippen LogP contribution is -2.30. The third-order valence-electron chi connectivity index (χ3n) is 13.5. The van der Waals surface area contributed by atoms with Crippen LogP contribution in [0.5, 0.6) is 0 Å². The van der Waals surface area contributed by atoms with Crippen LogP contribution < -0.4 is 0 Å². The molecule has 6 heteroatoms. The lowest BCUT2D eigenvalue weighted by molar-refractivity contribution is -0.167. The molecule has 0 aliphatic rings. The van der Waals surface area contributed by atoms with Gasteiger partial charge in [-0.05, 0) is 148 Å². The third-order valence-corrected chi connectivity index (χ3v) is 13.5. The van der Waals surface area contributed by atoms with Crippen LogP contribution in [0.1, 0.15) is 284 Å². The molecule has 0 amide bonds. The lowest BCUT2D eigenvalue weighted by Gasteiger charge is -2.18. The van der Waals surface area contributed by atoms with Crippen molar-refractivity contribution < 1.29 is 28.6 Å². The Morgan fingerprint density at radius 2 is 0.487 bits per heavy atom. The summed E-state index contributed by atoms with van der Waals surface area (Å²) >= 11 is 0. The summed E-state index contributed by atoms with van der Waals surface area (Å²) in [6.45, 7) is 6.45. The molecule has 1 atom stereocenters. The number of hydrogen-bond acceptors (Lipinski definition) is 6. The first-order chi connectivity index (χ1) is 39.5. The van der Waals surface area contributed by atoms with Crippen molar-refractivity contribution in [2.75, 3.05) is 13.2 Å². The number of carbonyl (C=O) groups excluding carboxylic acids is 3. The number of rotatable bonds is 58. The van der Waals surface area contributed by atoms with Gasteiger partial charge in [-0.3, -0.25) is 14.4 Å². The van der Waals surface area contributed by atoms with Crippen molar-refractivity contribution in [3.05, 3.63) is 146 Å². The Hall–Kier alpha value is -4.71. The molecule has 0 N–H and O–H groups in total. The average molecular weight is 1110 g/mol. The summed E-state index contributed by atoms with van der Waals surface area (Å²) in [5.41, 5.74) is 0. The maximum absolute atomic E-state index is 12.9. The summed E-state index contributed by atoms with van der Waals surface area (Å²) in [5.74, 6) is -0.946. The molecular weight excluding hydrogens is 985 g/mol. The summed E-state index contributed by atoms with van der Waals surface area (Å²) in [5, 5.41) is 0. The van der Waals surface area contributed by atoms with Gasteiger partial charge in [0, 0.05) is 19.3 Å². The number of hydrogen-bond donors (Lipinski definition) is 0. The van der Waals surface area contributed by atoms with Crippen LogP contribution in [0.3, 0.4) is 0 Å². The molecule has 1 unspecified atom stereocenters. The average Bonchev–Trinajstić information content (AvgIpc) is 3.46. The highest BCUT2D eigenvalue weighted by Gasteiger charge is 2.19. The van der Waals surface area contributed by atoms with E-state index in [1.165, 1.54) is 83.5 Å². The van der Waals surface area contributed by atoms with Gasteiger partial charge < -0.3 is 14.2 Å². The van der Waals surface area contributed by atoms with Crippen LogP contribution in [-0.2, 0) is 28.6 Å². The number of allylic oxidation sites excluding steroid dienone is 24. The Balaban J connectivity index is 4.44. The standard InChI is InChI=1S/C74H120O6/c1-4-7-10-13-16-19-22-25-28-30-32-33-34-35-36-37-38-39-40-41-43-44-46-49-52-55-58-61-64-67-73(76)79-70-71(69-78-72(75)66-63-60-57-54-51-48-27-24-21-18-15-12-9-6-3)80-74(77)68-65-62-59-56-53-50-47-45-42-31-29-26-23-20-17-14-11-8-5-2/h7,10,16-17,19-20,24-29,32-33,35-36,38-39,41-43,45-46,49,71H,4-6,8-9,11-15,18,21-23,30-31,34,37,40,44,47-48,50-70H2,1-3H3/b10-7-,19-16-,20-17-,27-24-,28-25-,29-26-,33-32-,36-35-,39-38-,43-41-,45-42-,49-46-. The maximum Gasteiger partial charge on any atom is 0.306 e. The predicted molar refractivity (Wildman–Crippen MR) is 348 cm³/mol. The minimum Gasteiger partial charge on any atom is -0.462 e. The fourth-order valence-electron chi connectivity index (χ4n) is 8.64. The highest BCUT2D eigenvalue weighted by molar-refractivity contribution is 5.71. The molecule has 0 aromatic rings. The number of carbonyl (C=O) groups is 3. The van der Waals surface area contributed by atoms with E-state index < -0.39 is 6.10 Å². The van der Waals surface area contributed by atoms with Crippen molar-refractivity contribution in [3.63, 3.8) is 0 Å². The van der Waals surface area contributed by atoms with Crippen molar-refractivity contribution in [1.82, 2.24) is 0 Å². The van der Waals surface area contributed by atoms with Crippen LogP contribution in [0.15, 0.2) is 146 Å². The van der Waals surface area contributed by atoms with Gasteiger partial charge in [0.05, 0.1) is 0 Å². The van der Waals surface area contributed by atoms with Gasteiger partial charge in [0.2, 0.25) is 0 Å². The molecule has 0 aliphatic heterocycles. The van der Waals surface area contributed by atoms with Gasteiger partial charge >= 0.3 is 17.9 Å². The van der Waals surface area contributed by atoms with Crippen molar-refractivity contribution in [3.8, 4) is 0 Å². The van der Waals surface area contributed by atoms with E-state index >= 15 is 0 Å². The van der Waals surface area contributed by atoms with Gasteiger partial charge in [-0.15, -0.1) is 0 Å². The van der Waals surface area contributed by atoms with E-state index in [0.717, 1.165) is 161 Å². The molecular formula is C74H120O6. The first kappa shape index (κ1) is 75.3. The van der Waals surface area contributed by atoms with E-state index in [1.54, 1.807) is 0 Å². The Bertz CT molecular complexity index is 1750. The van der Waals surface area contributed by atoms with Crippen molar-refractivity contribution in [2.24, 2.45) is 0 Å². The molecule has 0 rings (SSSR count). The summed E-state index contributed by atoms with van der Waals surface area (Å²) in [4.78, 5) is 38.3. The molecule has 0 aliphatic carbocycles.